The third-order valence-corrected chi connectivity index (χ3v) is 4.17. The Morgan fingerprint density at radius 2 is 1.96 bits per heavy atom. The van der Waals surface area contributed by atoms with Crippen LogP contribution in [0.5, 0.6) is 0 Å². The van der Waals surface area contributed by atoms with E-state index in [-0.39, 0.29) is 5.60 Å². The van der Waals surface area contributed by atoms with Gasteiger partial charge in [0.05, 0.1) is 18.8 Å². The fourth-order valence-electron chi connectivity index (χ4n) is 2.89. The summed E-state index contributed by atoms with van der Waals surface area (Å²) >= 11 is 0. The molecule has 5 nitrogen and oxygen atoms in total. The van der Waals surface area contributed by atoms with Crippen molar-refractivity contribution in [1.82, 2.24) is 15.0 Å². The van der Waals surface area contributed by atoms with E-state index in [4.69, 9.17) is 9.26 Å². The Morgan fingerprint density at radius 1 is 1.22 bits per heavy atom. The molecule has 124 valence electrons. The van der Waals surface area contributed by atoms with Gasteiger partial charge in [-0.15, -0.1) is 0 Å². The van der Waals surface area contributed by atoms with E-state index in [0.29, 0.717) is 24.2 Å². The molecule has 0 bridgehead atoms. The zero-order valence-electron chi connectivity index (χ0n) is 14.4. The van der Waals surface area contributed by atoms with Crippen LogP contribution in [-0.4, -0.2) is 40.3 Å². The van der Waals surface area contributed by atoms with Crippen molar-refractivity contribution in [3.63, 3.8) is 0 Å². The lowest BCUT2D eigenvalue weighted by Crippen LogP contribution is -2.47. The van der Waals surface area contributed by atoms with Gasteiger partial charge in [-0.3, -0.25) is 4.90 Å². The predicted octanol–water partition coefficient (Wildman–Crippen LogP) is 3.47. The van der Waals surface area contributed by atoms with Crippen LogP contribution in [0.25, 0.3) is 11.4 Å². The van der Waals surface area contributed by atoms with Crippen molar-refractivity contribution in [2.75, 3.05) is 19.7 Å². The molecule has 2 aromatic rings. The topological polar surface area (TPSA) is 51.4 Å². The number of aromatic nitrogens is 2. The maximum Gasteiger partial charge on any atom is 0.241 e. The van der Waals surface area contributed by atoms with Gasteiger partial charge in [-0.2, -0.15) is 4.98 Å². The van der Waals surface area contributed by atoms with Gasteiger partial charge in [-0.25, -0.2) is 0 Å². The first-order valence-corrected chi connectivity index (χ1v) is 8.22. The van der Waals surface area contributed by atoms with Gasteiger partial charge >= 0.3 is 0 Å². The molecule has 0 atom stereocenters. The Labute approximate surface area is 137 Å². The zero-order chi connectivity index (χ0) is 16.4. The quantitative estimate of drug-likeness (QED) is 0.864. The molecule has 23 heavy (non-hydrogen) atoms. The molecule has 0 aliphatic carbocycles. The molecule has 1 fully saturated rings. The Bertz CT molecular complexity index is 647. The summed E-state index contributed by atoms with van der Waals surface area (Å²) in [6, 6.07) is 8.37. The average molecular weight is 315 g/mol. The fourth-order valence-corrected chi connectivity index (χ4v) is 2.89. The van der Waals surface area contributed by atoms with Crippen molar-refractivity contribution in [2.45, 2.75) is 45.8 Å². The van der Waals surface area contributed by atoms with E-state index >= 15 is 0 Å². The van der Waals surface area contributed by atoms with Gasteiger partial charge in [0.2, 0.25) is 11.7 Å². The molecule has 0 saturated carbocycles. The predicted molar refractivity (Wildman–Crippen MR) is 89.1 cm³/mol. The molecular weight excluding hydrogens is 290 g/mol. The third kappa shape index (κ3) is 3.98. The molecule has 2 heterocycles. The van der Waals surface area contributed by atoms with Crippen molar-refractivity contribution >= 4 is 0 Å². The number of hydrogen-bond donors (Lipinski definition) is 0. The standard InChI is InChI=1S/C18H25N3O2/c1-13(2)14-5-7-15(8-6-14)17-19-16(23-20-17)11-21-9-10-22-18(3,4)12-21/h5-8,13H,9-12H2,1-4H3. The number of nitrogens with zero attached hydrogens (tertiary/aromatic N) is 3. The first kappa shape index (κ1) is 16.1. The Morgan fingerprint density at radius 3 is 2.61 bits per heavy atom. The lowest BCUT2D eigenvalue weighted by molar-refractivity contribution is -0.0900. The molecule has 1 aromatic carbocycles. The molecule has 0 spiro atoms. The summed E-state index contributed by atoms with van der Waals surface area (Å²) in [6.45, 7) is 11.8. The summed E-state index contributed by atoms with van der Waals surface area (Å²) in [7, 11) is 0. The molecule has 1 aliphatic rings. The van der Waals surface area contributed by atoms with E-state index in [9.17, 15) is 0 Å². The molecular formula is C18H25N3O2. The molecule has 0 N–H and O–H groups in total. The summed E-state index contributed by atoms with van der Waals surface area (Å²) in [5.74, 6) is 1.84. The normalized spacial score (nSPS) is 18.5. The van der Waals surface area contributed by atoms with Crippen molar-refractivity contribution in [3.05, 3.63) is 35.7 Å². The molecule has 5 heteroatoms. The van der Waals surface area contributed by atoms with Crippen molar-refractivity contribution in [1.29, 1.82) is 0 Å². The van der Waals surface area contributed by atoms with Crippen molar-refractivity contribution in [3.8, 4) is 11.4 Å². The van der Waals surface area contributed by atoms with E-state index in [1.165, 1.54) is 5.56 Å². The Hall–Kier alpha value is -1.72. The molecule has 0 unspecified atom stereocenters. The number of hydrogen-bond acceptors (Lipinski definition) is 5. The molecule has 1 aromatic heterocycles. The van der Waals surface area contributed by atoms with Gasteiger partial charge in [-0.05, 0) is 25.3 Å². The van der Waals surface area contributed by atoms with Crippen LogP contribution in [0.1, 0.15) is 45.1 Å². The third-order valence-electron chi connectivity index (χ3n) is 4.17. The van der Waals surface area contributed by atoms with E-state index in [0.717, 1.165) is 25.3 Å². The number of benzene rings is 1. The van der Waals surface area contributed by atoms with Crippen LogP contribution in [-0.2, 0) is 11.3 Å². The highest BCUT2D eigenvalue weighted by molar-refractivity contribution is 5.54. The van der Waals surface area contributed by atoms with Crippen LogP contribution in [0, 0.1) is 0 Å². The summed E-state index contributed by atoms with van der Waals surface area (Å²) < 4.78 is 11.2. The summed E-state index contributed by atoms with van der Waals surface area (Å²) in [4.78, 5) is 6.83. The maximum atomic E-state index is 5.73. The second-order valence-electron chi connectivity index (χ2n) is 7.11. The number of rotatable bonds is 4. The van der Waals surface area contributed by atoms with Gasteiger partial charge in [0.15, 0.2) is 0 Å². The monoisotopic (exact) mass is 315 g/mol. The van der Waals surface area contributed by atoms with E-state index in [1.807, 2.05) is 0 Å². The second-order valence-corrected chi connectivity index (χ2v) is 7.11. The second kappa shape index (κ2) is 6.42. The van der Waals surface area contributed by atoms with Gasteiger partial charge in [0, 0.05) is 18.7 Å². The van der Waals surface area contributed by atoms with Crippen LogP contribution >= 0.6 is 0 Å². The molecule has 3 rings (SSSR count). The van der Waals surface area contributed by atoms with Crippen LogP contribution in [0.4, 0.5) is 0 Å². The van der Waals surface area contributed by atoms with E-state index in [1.54, 1.807) is 0 Å². The number of morpholine rings is 1. The van der Waals surface area contributed by atoms with Crippen LogP contribution in [0.15, 0.2) is 28.8 Å². The first-order chi connectivity index (χ1) is 10.9. The Balaban J connectivity index is 1.68. The highest BCUT2D eigenvalue weighted by Crippen LogP contribution is 2.22. The van der Waals surface area contributed by atoms with Crippen LogP contribution in [0.2, 0.25) is 0 Å². The Kier molecular flexibility index (Phi) is 4.50. The van der Waals surface area contributed by atoms with Crippen LogP contribution in [0.3, 0.4) is 0 Å². The zero-order valence-corrected chi connectivity index (χ0v) is 14.4. The van der Waals surface area contributed by atoms with Gasteiger partial charge in [-0.1, -0.05) is 43.3 Å². The molecule has 0 amide bonds. The molecule has 1 aliphatic heterocycles. The minimum Gasteiger partial charge on any atom is -0.373 e. The lowest BCUT2D eigenvalue weighted by atomic mass is 10.0. The fraction of sp³-hybridized carbons (Fsp3) is 0.556. The minimum atomic E-state index is -0.117. The minimum absolute atomic E-state index is 0.117. The summed E-state index contributed by atoms with van der Waals surface area (Å²) in [5.41, 5.74) is 2.19. The summed E-state index contributed by atoms with van der Waals surface area (Å²) in [6.07, 6.45) is 0. The van der Waals surface area contributed by atoms with Gasteiger partial charge < -0.3 is 9.26 Å². The van der Waals surface area contributed by atoms with Crippen molar-refractivity contribution in [2.24, 2.45) is 0 Å². The first-order valence-electron chi connectivity index (χ1n) is 8.22. The number of ether oxygens (including phenoxy) is 1. The largest absolute Gasteiger partial charge is 0.373 e. The maximum absolute atomic E-state index is 5.73. The molecule has 0 radical (unpaired) electrons. The average Bonchev–Trinajstić information content (AvgIpc) is 2.95. The highest BCUT2D eigenvalue weighted by Gasteiger charge is 2.28. The van der Waals surface area contributed by atoms with Gasteiger partial charge in [0.1, 0.15) is 0 Å². The van der Waals surface area contributed by atoms with Crippen molar-refractivity contribution < 1.29 is 9.26 Å². The SMILES string of the molecule is CC(C)c1ccc(-c2noc(CN3CCOC(C)(C)C3)n2)cc1. The lowest BCUT2D eigenvalue weighted by Gasteiger charge is -2.37. The highest BCUT2D eigenvalue weighted by atomic mass is 16.5. The summed E-state index contributed by atoms with van der Waals surface area (Å²) in [5, 5.41) is 4.12. The smallest absolute Gasteiger partial charge is 0.241 e. The van der Waals surface area contributed by atoms with E-state index in [2.05, 4.69) is 67.0 Å². The van der Waals surface area contributed by atoms with Gasteiger partial charge in [0.25, 0.3) is 0 Å². The molecule has 1 saturated heterocycles. The van der Waals surface area contributed by atoms with Crippen LogP contribution < -0.4 is 0 Å². The van der Waals surface area contributed by atoms with E-state index < -0.39 is 0 Å².